The zero-order valence-corrected chi connectivity index (χ0v) is 7.00. The molecule has 0 bridgehead atoms. The smallest absolute Gasteiger partial charge is 0.324 e. The Morgan fingerprint density at radius 1 is 1.33 bits per heavy atom. The first-order valence-electron chi connectivity index (χ1n) is 3.84. The minimum Gasteiger partial charge on any atom is -0.378 e. The van der Waals surface area contributed by atoms with Crippen LogP contribution in [-0.2, 0) is 9.53 Å². The van der Waals surface area contributed by atoms with E-state index in [0.29, 0.717) is 26.3 Å². The molecule has 12 heavy (non-hydrogen) atoms. The van der Waals surface area contributed by atoms with Crippen LogP contribution in [0.1, 0.15) is 6.92 Å². The van der Waals surface area contributed by atoms with Crippen LogP contribution < -0.4 is 5.32 Å². The zero-order chi connectivity index (χ0) is 8.97. The molecule has 0 aromatic carbocycles. The minimum atomic E-state index is -0.328. The maximum atomic E-state index is 11.1. The molecule has 5 heteroatoms. The van der Waals surface area contributed by atoms with Crippen molar-refractivity contribution in [2.75, 3.05) is 26.3 Å². The van der Waals surface area contributed by atoms with Crippen LogP contribution in [0.2, 0.25) is 0 Å². The van der Waals surface area contributed by atoms with Crippen molar-refractivity contribution in [2.45, 2.75) is 6.92 Å². The standard InChI is InChI=1S/C7H12N2O3/c1-6(10)8-7(11)9-2-4-12-5-3-9/h2-5H2,1H3,(H,8,10,11). The van der Waals surface area contributed by atoms with E-state index in [1.165, 1.54) is 6.92 Å². The number of hydrogen-bond acceptors (Lipinski definition) is 3. The summed E-state index contributed by atoms with van der Waals surface area (Å²) in [5.74, 6) is -0.327. The minimum absolute atomic E-state index is 0.327. The molecule has 5 nitrogen and oxygen atoms in total. The molecule has 1 heterocycles. The van der Waals surface area contributed by atoms with Gasteiger partial charge in [-0.05, 0) is 0 Å². The van der Waals surface area contributed by atoms with Gasteiger partial charge in [-0.25, -0.2) is 4.79 Å². The van der Waals surface area contributed by atoms with Gasteiger partial charge in [0.05, 0.1) is 13.2 Å². The second-order valence-corrected chi connectivity index (χ2v) is 2.59. The molecule has 1 saturated heterocycles. The van der Waals surface area contributed by atoms with Gasteiger partial charge in [0.2, 0.25) is 5.91 Å². The highest BCUT2D eigenvalue weighted by atomic mass is 16.5. The number of urea groups is 1. The summed E-state index contributed by atoms with van der Waals surface area (Å²) in [5, 5.41) is 2.20. The molecule has 3 amide bonds. The van der Waals surface area contributed by atoms with Crippen molar-refractivity contribution in [1.82, 2.24) is 10.2 Å². The third-order valence-electron chi connectivity index (χ3n) is 1.58. The molecule has 0 aromatic heterocycles. The normalized spacial score (nSPS) is 17.2. The van der Waals surface area contributed by atoms with E-state index in [2.05, 4.69) is 5.32 Å². The fourth-order valence-electron chi connectivity index (χ4n) is 0.996. The molecular weight excluding hydrogens is 160 g/mol. The summed E-state index contributed by atoms with van der Waals surface area (Å²) in [5.41, 5.74) is 0. The molecule has 1 aliphatic heterocycles. The van der Waals surface area contributed by atoms with E-state index in [1.54, 1.807) is 4.90 Å². The Kier molecular flexibility index (Phi) is 3.04. The van der Waals surface area contributed by atoms with Gasteiger partial charge < -0.3 is 9.64 Å². The lowest BCUT2D eigenvalue weighted by molar-refractivity contribution is -0.118. The number of hydrogen-bond donors (Lipinski definition) is 1. The number of nitrogens with one attached hydrogen (secondary N) is 1. The lowest BCUT2D eigenvalue weighted by Gasteiger charge is -2.26. The van der Waals surface area contributed by atoms with E-state index in [1.807, 2.05) is 0 Å². The highest BCUT2D eigenvalue weighted by Gasteiger charge is 2.16. The SMILES string of the molecule is CC(=O)NC(=O)N1CCOCC1. The lowest BCUT2D eigenvalue weighted by Crippen LogP contribution is -2.47. The molecule has 0 spiro atoms. The molecular formula is C7H12N2O3. The topological polar surface area (TPSA) is 58.6 Å². The van der Waals surface area contributed by atoms with Gasteiger partial charge in [0, 0.05) is 20.0 Å². The number of morpholine rings is 1. The molecule has 0 unspecified atom stereocenters. The highest BCUT2D eigenvalue weighted by Crippen LogP contribution is 1.96. The molecule has 0 atom stereocenters. The third-order valence-corrected chi connectivity index (χ3v) is 1.58. The lowest BCUT2D eigenvalue weighted by atomic mass is 10.4. The van der Waals surface area contributed by atoms with Crippen LogP contribution in [0.3, 0.4) is 0 Å². The van der Waals surface area contributed by atoms with Crippen LogP contribution in [0.25, 0.3) is 0 Å². The number of imide groups is 1. The summed E-state index contributed by atoms with van der Waals surface area (Å²) < 4.78 is 5.05. The van der Waals surface area contributed by atoms with Crippen LogP contribution in [-0.4, -0.2) is 43.1 Å². The first-order chi connectivity index (χ1) is 5.70. The van der Waals surface area contributed by atoms with Crippen LogP contribution >= 0.6 is 0 Å². The molecule has 1 N–H and O–H groups in total. The highest BCUT2D eigenvalue weighted by molar-refractivity contribution is 5.93. The fourth-order valence-corrected chi connectivity index (χ4v) is 0.996. The summed E-state index contributed by atoms with van der Waals surface area (Å²) in [6.45, 7) is 3.52. The number of rotatable bonds is 0. The Hall–Kier alpha value is -1.10. The number of nitrogens with zero attached hydrogens (tertiary/aromatic N) is 1. The Bertz CT molecular complexity index is 187. The molecule has 0 aliphatic carbocycles. The van der Waals surface area contributed by atoms with Gasteiger partial charge in [-0.3, -0.25) is 10.1 Å². The van der Waals surface area contributed by atoms with Crippen LogP contribution in [0.15, 0.2) is 0 Å². The van der Waals surface area contributed by atoms with Crippen LogP contribution in [0.4, 0.5) is 4.79 Å². The first kappa shape index (κ1) is 8.99. The number of amides is 3. The maximum Gasteiger partial charge on any atom is 0.324 e. The largest absolute Gasteiger partial charge is 0.378 e. The summed E-state index contributed by atoms with van der Waals surface area (Å²) in [7, 11) is 0. The summed E-state index contributed by atoms with van der Waals surface area (Å²) in [6, 6.07) is -0.328. The average molecular weight is 172 g/mol. The van der Waals surface area contributed by atoms with Crippen LogP contribution in [0, 0.1) is 0 Å². The van der Waals surface area contributed by atoms with E-state index < -0.39 is 0 Å². The van der Waals surface area contributed by atoms with Crippen molar-refractivity contribution < 1.29 is 14.3 Å². The van der Waals surface area contributed by atoms with Gasteiger partial charge in [0.15, 0.2) is 0 Å². The summed E-state index contributed by atoms with van der Waals surface area (Å²) >= 11 is 0. The van der Waals surface area contributed by atoms with Gasteiger partial charge in [-0.2, -0.15) is 0 Å². The monoisotopic (exact) mass is 172 g/mol. The van der Waals surface area contributed by atoms with E-state index in [4.69, 9.17) is 4.74 Å². The zero-order valence-electron chi connectivity index (χ0n) is 7.00. The number of carbonyl (C=O) groups is 2. The van der Waals surface area contributed by atoms with E-state index in [0.717, 1.165) is 0 Å². The fraction of sp³-hybridized carbons (Fsp3) is 0.714. The Morgan fingerprint density at radius 3 is 2.42 bits per heavy atom. The van der Waals surface area contributed by atoms with Gasteiger partial charge in [-0.1, -0.05) is 0 Å². The molecule has 0 radical (unpaired) electrons. The quantitative estimate of drug-likeness (QED) is 0.539. The van der Waals surface area contributed by atoms with Crippen molar-refractivity contribution in [3.8, 4) is 0 Å². The molecule has 0 aromatic rings. The third kappa shape index (κ3) is 2.50. The van der Waals surface area contributed by atoms with Gasteiger partial charge in [0.1, 0.15) is 0 Å². The Morgan fingerprint density at radius 2 is 1.92 bits per heavy atom. The van der Waals surface area contributed by atoms with E-state index in [9.17, 15) is 9.59 Å². The van der Waals surface area contributed by atoms with Crippen molar-refractivity contribution in [3.63, 3.8) is 0 Å². The predicted molar refractivity (Wildman–Crippen MR) is 41.6 cm³/mol. The number of carbonyl (C=O) groups excluding carboxylic acids is 2. The van der Waals surface area contributed by atoms with Crippen molar-refractivity contribution in [1.29, 1.82) is 0 Å². The average Bonchev–Trinajstić information content (AvgIpc) is 2.05. The molecule has 68 valence electrons. The second-order valence-electron chi connectivity index (χ2n) is 2.59. The summed E-state index contributed by atoms with van der Waals surface area (Å²) in [6.07, 6.45) is 0. The molecule has 0 saturated carbocycles. The van der Waals surface area contributed by atoms with Gasteiger partial charge >= 0.3 is 6.03 Å². The molecule has 1 fully saturated rings. The Labute approximate surface area is 70.7 Å². The maximum absolute atomic E-state index is 11.1. The molecule has 1 aliphatic rings. The molecule has 1 rings (SSSR count). The Balaban J connectivity index is 2.34. The van der Waals surface area contributed by atoms with Crippen molar-refractivity contribution in [2.24, 2.45) is 0 Å². The van der Waals surface area contributed by atoms with Gasteiger partial charge in [0.25, 0.3) is 0 Å². The van der Waals surface area contributed by atoms with Crippen molar-refractivity contribution in [3.05, 3.63) is 0 Å². The second kappa shape index (κ2) is 4.06. The van der Waals surface area contributed by atoms with E-state index >= 15 is 0 Å². The predicted octanol–water partition coefficient (Wildman–Crippen LogP) is -0.425. The summed E-state index contributed by atoms with van der Waals surface area (Å²) in [4.78, 5) is 23.2. The number of ether oxygens (including phenoxy) is 1. The van der Waals surface area contributed by atoms with Crippen LogP contribution in [0.5, 0.6) is 0 Å². The van der Waals surface area contributed by atoms with E-state index in [-0.39, 0.29) is 11.9 Å². The van der Waals surface area contributed by atoms with Crippen molar-refractivity contribution >= 4 is 11.9 Å². The van der Waals surface area contributed by atoms with Gasteiger partial charge in [-0.15, -0.1) is 0 Å². The first-order valence-corrected chi connectivity index (χ1v) is 3.84.